The summed E-state index contributed by atoms with van der Waals surface area (Å²) in [5.41, 5.74) is 1.41. The second kappa shape index (κ2) is 7.38. The molecule has 21 heavy (non-hydrogen) atoms. The Hall–Kier alpha value is -1.65. The Kier molecular flexibility index (Phi) is 5.53. The molecular weight excluding hydrogens is 296 g/mol. The summed E-state index contributed by atoms with van der Waals surface area (Å²) in [5, 5.41) is 3.80. The van der Waals surface area contributed by atoms with E-state index in [9.17, 15) is 8.78 Å². The van der Waals surface area contributed by atoms with Crippen LogP contribution in [0.1, 0.15) is 18.1 Å². The smallest absolute Gasteiger partial charge is 0.159 e. The molecule has 0 radical (unpaired) electrons. The molecule has 0 atom stereocenters. The van der Waals surface area contributed by atoms with Gasteiger partial charge < -0.3 is 10.1 Å². The van der Waals surface area contributed by atoms with Gasteiger partial charge in [-0.25, -0.2) is 8.78 Å². The zero-order chi connectivity index (χ0) is 15.2. The van der Waals surface area contributed by atoms with Gasteiger partial charge in [-0.3, -0.25) is 0 Å². The molecule has 0 amide bonds. The Morgan fingerprint density at radius 2 is 1.95 bits per heavy atom. The molecule has 0 bridgehead atoms. The lowest BCUT2D eigenvalue weighted by molar-refractivity contribution is 0.301. The monoisotopic (exact) mass is 311 g/mol. The van der Waals surface area contributed by atoms with Crippen LogP contribution in [-0.4, -0.2) is 6.54 Å². The summed E-state index contributed by atoms with van der Waals surface area (Å²) in [6.45, 7) is 3.55. The highest BCUT2D eigenvalue weighted by molar-refractivity contribution is 6.31. The van der Waals surface area contributed by atoms with E-state index in [1.807, 2.05) is 6.92 Å². The SMILES string of the molecule is CCNCc1c(Cl)cccc1OCc1ccc(F)c(F)c1. The van der Waals surface area contributed by atoms with Gasteiger partial charge in [-0.2, -0.15) is 0 Å². The van der Waals surface area contributed by atoms with Crippen molar-refractivity contribution in [2.75, 3.05) is 6.54 Å². The molecule has 1 N–H and O–H groups in total. The number of hydrogen-bond donors (Lipinski definition) is 1. The second-order valence-corrected chi connectivity index (χ2v) is 4.94. The molecule has 0 heterocycles. The first kappa shape index (κ1) is 15.7. The van der Waals surface area contributed by atoms with Crippen LogP contribution >= 0.6 is 11.6 Å². The maximum absolute atomic E-state index is 13.2. The van der Waals surface area contributed by atoms with E-state index in [0.717, 1.165) is 24.2 Å². The van der Waals surface area contributed by atoms with E-state index in [1.165, 1.54) is 6.07 Å². The predicted octanol–water partition coefficient (Wildman–Crippen LogP) is 4.31. The van der Waals surface area contributed by atoms with E-state index in [-0.39, 0.29) is 6.61 Å². The molecular formula is C16H16ClF2NO. The number of rotatable bonds is 6. The van der Waals surface area contributed by atoms with Crippen molar-refractivity contribution >= 4 is 11.6 Å². The maximum atomic E-state index is 13.2. The fourth-order valence-electron chi connectivity index (χ4n) is 1.89. The number of ether oxygens (including phenoxy) is 1. The molecule has 112 valence electrons. The highest BCUT2D eigenvalue weighted by atomic mass is 35.5. The highest BCUT2D eigenvalue weighted by Gasteiger charge is 2.09. The normalized spacial score (nSPS) is 10.7. The molecule has 0 unspecified atom stereocenters. The fourth-order valence-corrected chi connectivity index (χ4v) is 2.12. The van der Waals surface area contributed by atoms with Gasteiger partial charge >= 0.3 is 0 Å². The molecule has 2 nitrogen and oxygen atoms in total. The van der Waals surface area contributed by atoms with Gasteiger partial charge in [-0.05, 0) is 36.4 Å². The lowest BCUT2D eigenvalue weighted by Gasteiger charge is -2.13. The lowest BCUT2D eigenvalue weighted by Crippen LogP contribution is -2.13. The number of hydrogen-bond acceptors (Lipinski definition) is 2. The molecule has 0 aliphatic heterocycles. The average Bonchev–Trinajstić information content (AvgIpc) is 2.47. The largest absolute Gasteiger partial charge is 0.489 e. The van der Waals surface area contributed by atoms with Gasteiger partial charge in [0.2, 0.25) is 0 Å². The molecule has 0 aromatic heterocycles. The standard InChI is InChI=1S/C16H16ClF2NO/c1-2-20-9-12-13(17)4-3-5-16(12)21-10-11-6-7-14(18)15(19)8-11/h3-8,20H,2,9-10H2,1H3. The van der Waals surface area contributed by atoms with Crippen LogP contribution in [0.25, 0.3) is 0 Å². The number of halogens is 3. The first-order chi connectivity index (χ1) is 10.1. The van der Waals surface area contributed by atoms with E-state index in [0.29, 0.717) is 22.9 Å². The minimum absolute atomic E-state index is 0.149. The van der Waals surface area contributed by atoms with Crippen LogP contribution in [0.4, 0.5) is 8.78 Å². The van der Waals surface area contributed by atoms with Gasteiger partial charge in [0.25, 0.3) is 0 Å². The summed E-state index contributed by atoms with van der Waals surface area (Å²) < 4.78 is 31.7. The maximum Gasteiger partial charge on any atom is 0.159 e. The van der Waals surface area contributed by atoms with E-state index in [2.05, 4.69) is 5.32 Å². The molecule has 2 aromatic rings. The highest BCUT2D eigenvalue weighted by Crippen LogP contribution is 2.27. The van der Waals surface area contributed by atoms with Gasteiger partial charge in [0, 0.05) is 17.1 Å². The van der Waals surface area contributed by atoms with Crippen molar-refractivity contribution in [2.45, 2.75) is 20.1 Å². The summed E-state index contributed by atoms with van der Waals surface area (Å²) in [5.74, 6) is -1.11. The Bertz CT molecular complexity index is 619. The van der Waals surface area contributed by atoms with Crippen LogP contribution in [0.15, 0.2) is 36.4 Å². The van der Waals surface area contributed by atoms with Crippen molar-refractivity contribution in [3.8, 4) is 5.75 Å². The third kappa shape index (κ3) is 4.16. The van der Waals surface area contributed by atoms with E-state index < -0.39 is 11.6 Å². The molecule has 0 aliphatic carbocycles. The molecule has 0 aliphatic rings. The van der Waals surface area contributed by atoms with Gasteiger partial charge in [-0.15, -0.1) is 0 Å². The molecule has 0 fully saturated rings. The molecule has 0 saturated carbocycles. The van der Waals surface area contributed by atoms with Crippen LogP contribution < -0.4 is 10.1 Å². The van der Waals surface area contributed by atoms with Crippen molar-refractivity contribution in [1.82, 2.24) is 5.32 Å². The van der Waals surface area contributed by atoms with Gasteiger partial charge in [0.15, 0.2) is 11.6 Å². The van der Waals surface area contributed by atoms with Crippen molar-refractivity contribution < 1.29 is 13.5 Å². The first-order valence-electron chi connectivity index (χ1n) is 6.66. The predicted molar refractivity (Wildman–Crippen MR) is 79.5 cm³/mol. The van der Waals surface area contributed by atoms with Crippen LogP contribution in [0, 0.1) is 11.6 Å². The Labute approximate surface area is 127 Å². The molecule has 5 heteroatoms. The van der Waals surface area contributed by atoms with Gasteiger partial charge in [-0.1, -0.05) is 30.7 Å². The average molecular weight is 312 g/mol. The molecule has 0 saturated heterocycles. The van der Waals surface area contributed by atoms with E-state index in [4.69, 9.17) is 16.3 Å². The van der Waals surface area contributed by atoms with E-state index >= 15 is 0 Å². The van der Waals surface area contributed by atoms with Crippen molar-refractivity contribution in [1.29, 1.82) is 0 Å². The summed E-state index contributed by atoms with van der Waals surface area (Å²) in [7, 11) is 0. The van der Waals surface area contributed by atoms with Crippen LogP contribution in [-0.2, 0) is 13.2 Å². The van der Waals surface area contributed by atoms with Crippen molar-refractivity contribution in [3.63, 3.8) is 0 Å². The Balaban J connectivity index is 2.12. The molecule has 2 aromatic carbocycles. The molecule has 2 rings (SSSR count). The number of benzene rings is 2. The Morgan fingerprint density at radius 1 is 1.14 bits per heavy atom. The lowest BCUT2D eigenvalue weighted by atomic mass is 10.2. The Morgan fingerprint density at radius 3 is 2.67 bits per heavy atom. The molecule has 0 spiro atoms. The van der Waals surface area contributed by atoms with Crippen LogP contribution in [0.2, 0.25) is 5.02 Å². The van der Waals surface area contributed by atoms with Crippen molar-refractivity contribution in [2.24, 2.45) is 0 Å². The van der Waals surface area contributed by atoms with E-state index in [1.54, 1.807) is 18.2 Å². The van der Waals surface area contributed by atoms with Gasteiger partial charge in [0.05, 0.1) is 0 Å². The van der Waals surface area contributed by atoms with Crippen LogP contribution in [0.5, 0.6) is 5.75 Å². The fraction of sp³-hybridized carbons (Fsp3) is 0.250. The summed E-state index contributed by atoms with van der Waals surface area (Å²) in [6.07, 6.45) is 0. The summed E-state index contributed by atoms with van der Waals surface area (Å²) in [6, 6.07) is 9.10. The van der Waals surface area contributed by atoms with Crippen LogP contribution in [0.3, 0.4) is 0 Å². The van der Waals surface area contributed by atoms with Gasteiger partial charge in [0.1, 0.15) is 12.4 Å². The topological polar surface area (TPSA) is 21.3 Å². The first-order valence-corrected chi connectivity index (χ1v) is 7.04. The van der Waals surface area contributed by atoms with Crippen molar-refractivity contribution in [3.05, 3.63) is 64.2 Å². The summed E-state index contributed by atoms with van der Waals surface area (Å²) >= 11 is 6.16. The second-order valence-electron chi connectivity index (χ2n) is 4.53. The minimum Gasteiger partial charge on any atom is -0.489 e. The zero-order valence-corrected chi connectivity index (χ0v) is 12.4. The minimum atomic E-state index is -0.880. The zero-order valence-electron chi connectivity index (χ0n) is 11.6. The number of nitrogens with one attached hydrogen (secondary N) is 1. The summed E-state index contributed by atoms with van der Waals surface area (Å²) in [4.78, 5) is 0. The quantitative estimate of drug-likeness (QED) is 0.858. The third-order valence-electron chi connectivity index (χ3n) is 3.01. The third-order valence-corrected chi connectivity index (χ3v) is 3.36.